The molecule has 0 unspecified atom stereocenters. The number of hydrogen-bond donors (Lipinski definition) is 2. The first kappa shape index (κ1) is 17.8. The highest BCUT2D eigenvalue weighted by atomic mass is 16.2. The highest BCUT2D eigenvalue weighted by Crippen LogP contribution is 2.18. The van der Waals surface area contributed by atoms with Crippen LogP contribution in [0.5, 0.6) is 0 Å². The predicted octanol–water partition coefficient (Wildman–Crippen LogP) is 1.80. The zero-order chi connectivity index (χ0) is 17.9. The van der Waals surface area contributed by atoms with E-state index in [4.69, 9.17) is 0 Å². The third-order valence-corrected chi connectivity index (χ3v) is 3.90. The largest absolute Gasteiger partial charge is 0.378 e. The average molecular weight is 332 g/mol. The summed E-state index contributed by atoms with van der Waals surface area (Å²) in [6.45, 7) is 3.57. The molecule has 1 fully saturated rings. The third-order valence-electron chi connectivity index (χ3n) is 3.90. The van der Waals surface area contributed by atoms with Crippen molar-refractivity contribution in [3.8, 4) is 0 Å². The minimum absolute atomic E-state index is 0.140. The first-order valence-electron chi connectivity index (χ1n) is 7.92. The molecule has 0 aromatic heterocycles. The van der Waals surface area contributed by atoms with Crippen LogP contribution in [0.15, 0.2) is 24.3 Å². The summed E-state index contributed by atoms with van der Waals surface area (Å²) in [6, 6.07) is 7.13. The molecule has 2 N–H and O–H groups in total. The van der Waals surface area contributed by atoms with E-state index in [9.17, 15) is 14.4 Å². The quantitative estimate of drug-likeness (QED) is 0.778. The molecule has 130 valence electrons. The van der Waals surface area contributed by atoms with Gasteiger partial charge in [0.2, 0.25) is 5.91 Å². The number of amides is 4. The minimum atomic E-state index is -0.868. The maximum Gasteiger partial charge on any atom is 0.325 e. The van der Waals surface area contributed by atoms with Crippen LogP contribution >= 0.6 is 0 Å². The number of anilines is 2. The van der Waals surface area contributed by atoms with Gasteiger partial charge in [0.15, 0.2) is 0 Å². The molecular formula is C17H24N4O3. The van der Waals surface area contributed by atoms with Crippen molar-refractivity contribution in [2.24, 2.45) is 0 Å². The van der Waals surface area contributed by atoms with Gasteiger partial charge in [-0.05, 0) is 44.5 Å². The minimum Gasteiger partial charge on any atom is -0.378 e. The molecule has 2 rings (SSSR count). The molecule has 1 aromatic rings. The lowest BCUT2D eigenvalue weighted by atomic mass is 10.1. The number of benzene rings is 1. The number of carbonyl (C=O) groups excluding carboxylic acids is 3. The summed E-state index contributed by atoms with van der Waals surface area (Å²) < 4.78 is 0. The number of imide groups is 1. The van der Waals surface area contributed by atoms with Crippen molar-refractivity contribution in [2.75, 3.05) is 30.9 Å². The summed E-state index contributed by atoms with van der Waals surface area (Å²) in [5.41, 5.74) is 0.906. The van der Waals surface area contributed by atoms with Crippen molar-refractivity contribution in [3.63, 3.8) is 0 Å². The van der Waals surface area contributed by atoms with Crippen LogP contribution in [0, 0.1) is 0 Å². The van der Waals surface area contributed by atoms with Crippen LogP contribution in [0.3, 0.4) is 0 Å². The molecule has 1 aromatic carbocycles. The summed E-state index contributed by atoms with van der Waals surface area (Å²) in [6.07, 6.45) is 0.670. The van der Waals surface area contributed by atoms with E-state index in [2.05, 4.69) is 10.6 Å². The molecule has 1 aliphatic heterocycles. The Morgan fingerprint density at radius 3 is 2.33 bits per heavy atom. The second-order valence-electron chi connectivity index (χ2n) is 6.60. The lowest BCUT2D eigenvalue weighted by Crippen LogP contribution is -2.40. The lowest BCUT2D eigenvalue weighted by Gasteiger charge is -2.16. The molecule has 1 aliphatic rings. The SMILES string of the molecule is CN(C)c1ccc(NC(=O)CCCN2C(=O)NC(C)(C)C2=O)cc1. The third kappa shape index (κ3) is 4.04. The topological polar surface area (TPSA) is 81.8 Å². The molecule has 24 heavy (non-hydrogen) atoms. The highest BCUT2D eigenvalue weighted by Gasteiger charge is 2.43. The van der Waals surface area contributed by atoms with Crippen molar-refractivity contribution in [3.05, 3.63) is 24.3 Å². The molecule has 1 saturated heterocycles. The molecule has 0 saturated carbocycles. The van der Waals surface area contributed by atoms with Crippen molar-refractivity contribution in [1.82, 2.24) is 10.2 Å². The van der Waals surface area contributed by atoms with Gasteiger partial charge < -0.3 is 15.5 Å². The first-order valence-corrected chi connectivity index (χ1v) is 7.92. The number of urea groups is 1. The fourth-order valence-corrected chi connectivity index (χ4v) is 2.49. The number of carbonyl (C=O) groups is 3. The predicted molar refractivity (Wildman–Crippen MR) is 93.0 cm³/mol. The van der Waals surface area contributed by atoms with E-state index in [0.29, 0.717) is 6.42 Å². The monoisotopic (exact) mass is 332 g/mol. The van der Waals surface area contributed by atoms with E-state index < -0.39 is 11.6 Å². The average Bonchev–Trinajstić information content (AvgIpc) is 2.69. The number of nitrogens with zero attached hydrogens (tertiary/aromatic N) is 2. The maximum atomic E-state index is 12.0. The van der Waals surface area contributed by atoms with E-state index in [1.165, 1.54) is 4.90 Å². The summed E-state index contributed by atoms with van der Waals surface area (Å²) in [7, 11) is 3.90. The molecule has 0 aliphatic carbocycles. The second-order valence-corrected chi connectivity index (χ2v) is 6.60. The van der Waals surface area contributed by atoms with Gasteiger partial charge in [-0.25, -0.2) is 4.79 Å². The molecule has 7 heteroatoms. The molecule has 0 radical (unpaired) electrons. The number of hydrogen-bond acceptors (Lipinski definition) is 4. The zero-order valence-corrected chi connectivity index (χ0v) is 14.5. The Morgan fingerprint density at radius 2 is 1.83 bits per heavy atom. The Kier molecular flexibility index (Phi) is 5.11. The first-order chi connectivity index (χ1) is 11.2. The molecular weight excluding hydrogens is 308 g/mol. The van der Waals surface area contributed by atoms with Crippen molar-refractivity contribution in [2.45, 2.75) is 32.2 Å². The van der Waals surface area contributed by atoms with Crippen LogP contribution in [0.1, 0.15) is 26.7 Å². The molecule has 1 heterocycles. The maximum absolute atomic E-state index is 12.0. The van der Waals surface area contributed by atoms with Gasteiger partial charge in [0.1, 0.15) is 5.54 Å². The van der Waals surface area contributed by atoms with Gasteiger partial charge in [0, 0.05) is 38.4 Å². The number of nitrogens with one attached hydrogen (secondary N) is 2. The van der Waals surface area contributed by atoms with E-state index >= 15 is 0 Å². The van der Waals surface area contributed by atoms with Crippen LogP contribution < -0.4 is 15.5 Å². The fourth-order valence-electron chi connectivity index (χ4n) is 2.49. The lowest BCUT2D eigenvalue weighted by molar-refractivity contribution is -0.130. The van der Waals surface area contributed by atoms with Gasteiger partial charge in [-0.15, -0.1) is 0 Å². The van der Waals surface area contributed by atoms with Crippen molar-refractivity contribution in [1.29, 1.82) is 0 Å². The van der Waals surface area contributed by atoms with E-state index in [0.717, 1.165) is 11.4 Å². The van der Waals surface area contributed by atoms with Gasteiger partial charge in [-0.1, -0.05) is 0 Å². The smallest absolute Gasteiger partial charge is 0.325 e. The molecule has 0 spiro atoms. The van der Waals surface area contributed by atoms with Crippen molar-refractivity contribution < 1.29 is 14.4 Å². The normalized spacial score (nSPS) is 16.1. The van der Waals surface area contributed by atoms with Crippen LogP contribution in [-0.4, -0.2) is 48.9 Å². The van der Waals surface area contributed by atoms with E-state index in [1.807, 2.05) is 43.3 Å². The summed E-state index contributed by atoms with van der Waals surface area (Å²) in [4.78, 5) is 38.9. The second kappa shape index (κ2) is 6.90. The Bertz CT molecular complexity index is 638. The Balaban J connectivity index is 1.79. The van der Waals surface area contributed by atoms with Gasteiger partial charge in [-0.2, -0.15) is 0 Å². The Morgan fingerprint density at radius 1 is 1.21 bits per heavy atom. The van der Waals surface area contributed by atoms with Crippen molar-refractivity contribution >= 4 is 29.2 Å². The standard InChI is InChI=1S/C17H24N4O3/c1-17(2)15(23)21(16(24)19-17)11-5-6-14(22)18-12-7-9-13(10-8-12)20(3)4/h7-10H,5-6,11H2,1-4H3,(H,18,22)(H,19,24). The fraction of sp³-hybridized carbons (Fsp3) is 0.471. The molecule has 0 bridgehead atoms. The molecule has 0 atom stereocenters. The van der Waals surface area contributed by atoms with Crippen LogP contribution in [-0.2, 0) is 9.59 Å². The van der Waals surface area contributed by atoms with Crippen LogP contribution in [0.25, 0.3) is 0 Å². The summed E-state index contributed by atoms with van der Waals surface area (Å²) >= 11 is 0. The summed E-state index contributed by atoms with van der Waals surface area (Å²) in [5, 5.41) is 5.43. The summed E-state index contributed by atoms with van der Waals surface area (Å²) in [5.74, 6) is -0.397. The van der Waals surface area contributed by atoms with E-state index in [-0.39, 0.29) is 24.8 Å². The molecule has 4 amide bonds. The molecule has 7 nitrogen and oxygen atoms in total. The van der Waals surface area contributed by atoms with Gasteiger partial charge >= 0.3 is 6.03 Å². The Hall–Kier alpha value is -2.57. The van der Waals surface area contributed by atoms with Gasteiger partial charge in [0.05, 0.1) is 0 Å². The zero-order valence-electron chi connectivity index (χ0n) is 14.5. The number of rotatable bonds is 6. The van der Waals surface area contributed by atoms with Crippen LogP contribution in [0.2, 0.25) is 0 Å². The van der Waals surface area contributed by atoms with E-state index in [1.54, 1.807) is 13.8 Å². The Labute approximate surface area is 142 Å². The van der Waals surface area contributed by atoms with Gasteiger partial charge in [-0.3, -0.25) is 14.5 Å². The van der Waals surface area contributed by atoms with Gasteiger partial charge in [0.25, 0.3) is 5.91 Å². The van der Waals surface area contributed by atoms with Crippen LogP contribution in [0.4, 0.5) is 16.2 Å². The highest BCUT2D eigenvalue weighted by molar-refractivity contribution is 6.06.